The topological polar surface area (TPSA) is 41.6 Å². The van der Waals surface area contributed by atoms with E-state index >= 15 is 0 Å². The van der Waals surface area contributed by atoms with E-state index < -0.39 is 8.07 Å². The molecule has 198 valence electrons. The van der Waals surface area contributed by atoms with Gasteiger partial charge in [0.1, 0.15) is 14.1 Å². The fourth-order valence-corrected chi connectivity index (χ4v) is 10.4. The molecule has 0 radical (unpaired) electrons. The van der Waals surface area contributed by atoms with E-state index in [0.717, 1.165) is 27.9 Å². The van der Waals surface area contributed by atoms with Gasteiger partial charge in [0.2, 0.25) is 0 Å². The van der Waals surface area contributed by atoms with Gasteiger partial charge in [-0.3, -0.25) is 4.98 Å². The van der Waals surface area contributed by atoms with E-state index in [4.69, 9.17) is 0 Å². The molecular formula is C38H27N3Si. The zero-order chi connectivity index (χ0) is 28.4. The van der Waals surface area contributed by atoms with Gasteiger partial charge in [-0.2, -0.15) is 5.26 Å². The van der Waals surface area contributed by atoms with E-state index in [1.165, 1.54) is 38.1 Å². The van der Waals surface area contributed by atoms with Crippen LogP contribution in [0.3, 0.4) is 0 Å². The van der Waals surface area contributed by atoms with Gasteiger partial charge in [-0.05, 0) is 74.6 Å². The van der Waals surface area contributed by atoms with Crippen molar-refractivity contribution in [3.63, 3.8) is 0 Å². The minimum atomic E-state index is -1.90. The number of hydrogen-bond donors (Lipinski definition) is 0. The summed E-state index contributed by atoms with van der Waals surface area (Å²) in [6.07, 6.45) is 3.41. The molecule has 5 aromatic carbocycles. The summed E-state index contributed by atoms with van der Waals surface area (Å²) >= 11 is 0. The van der Waals surface area contributed by atoms with Crippen molar-refractivity contribution in [1.82, 2.24) is 9.55 Å². The van der Waals surface area contributed by atoms with Gasteiger partial charge in [-0.25, -0.2) is 0 Å². The maximum atomic E-state index is 9.35. The van der Waals surface area contributed by atoms with Crippen LogP contribution in [-0.2, 0) is 0 Å². The highest BCUT2D eigenvalue weighted by atomic mass is 28.3. The molecule has 1 aliphatic heterocycles. The first kappa shape index (κ1) is 24.5. The molecule has 1 aliphatic rings. The van der Waals surface area contributed by atoms with Gasteiger partial charge in [0.05, 0.1) is 16.6 Å². The lowest BCUT2D eigenvalue weighted by atomic mass is 9.99. The Morgan fingerprint density at radius 1 is 0.643 bits per heavy atom. The Morgan fingerprint density at radius 2 is 1.38 bits per heavy atom. The summed E-state index contributed by atoms with van der Waals surface area (Å²) in [7, 11) is -1.90. The smallest absolute Gasteiger partial charge is 0.114 e. The summed E-state index contributed by atoms with van der Waals surface area (Å²) in [6, 6.07) is 43.9. The van der Waals surface area contributed by atoms with Gasteiger partial charge in [0, 0.05) is 34.4 Å². The fraction of sp³-hybridized carbons (Fsp3) is 0.0526. The van der Waals surface area contributed by atoms with Crippen molar-refractivity contribution < 1.29 is 0 Å². The van der Waals surface area contributed by atoms with Crippen LogP contribution in [0.2, 0.25) is 13.1 Å². The van der Waals surface area contributed by atoms with E-state index in [2.05, 4.69) is 138 Å². The molecule has 0 bridgehead atoms. The Labute approximate surface area is 246 Å². The van der Waals surface area contributed by atoms with Crippen LogP contribution in [0, 0.1) is 11.3 Å². The number of pyridine rings is 1. The number of benzene rings is 5. The minimum absolute atomic E-state index is 0.562. The maximum Gasteiger partial charge on any atom is 0.114 e. The molecule has 7 aromatic rings. The second kappa shape index (κ2) is 9.14. The summed E-state index contributed by atoms with van der Waals surface area (Å²) in [4.78, 5) is 4.27. The first-order chi connectivity index (χ1) is 20.5. The maximum absolute atomic E-state index is 9.35. The lowest BCUT2D eigenvalue weighted by Gasteiger charge is -2.20. The van der Waals surface area contributed by atoms with Crippen molar-refractivity contribution in [3.05, 3.63) is 133 Å². The van der Waals surface area contributed by atoms with E-state index in [0.29, 0.717) is 5.56 Å². The van der Waals surface area contributed by atoms with E-state index in [1.807, 2.05) is 12.3 Å². The zero-order valence-electron chi connectivity index (χ0n) is 23.5. The van der Waals surface area contributed by atoms with Crippen LogP contribution >= 0.6 is 0 Å². The van der Waals surface area contributed by atoms with Crippen LogP contribution < -0.4 is 10.4 Å². The number of aromatic nitrogens is 2. The van der Waals surface area contributed by atoms with Crippen molar-refractivity contribution in [3.8, 4) is 45.1 Å². The standard InChI is InChI=1S/C38H27N3Si/c1-42(2)36-16-6-4-13-31(36)32-17-18-35-37(38(32)42)33-14-3-5-15-34(33)41(35)30-12-8-11-28(21-30)26-9-7-10-27(20-26)29-19-25(22-39)23-40-24-29/h3-21,23-24H,1-2H3. The number of para-hydroxylation sites is 1. The van der Waals surface area contributed by atoms with Gasteiger partial charge in [-0.15, -0.1) is 0 Å². The third-order valence-electron chi connectivity index (χ3n) is 8.86. The molecule has 3 nitrogen and oxygen atoms in total. The molecule has 0 unspecified atom stereocenters. The number of nitrogens with zero attached hydrogens (tertiary/aromatic N) is 3. The largest absolute Gasteiger partial charge is 0.309 e. The lowest BCUT2D eigenvalue weighted by Crippen LogP contribution is -2.49. The lowest BCUT2D eigenvalue weighted by molar-refractivity contribution is 1.18. The highest BCUT2D eigenvalue weighted by molar-refractivity contribution is 7.05. The number of nitriles is 1. The van der Waals surface area contributed by atoms with Crippen LogP contribution in [-0.4, -0.2) is 17.6 Å². The summed E-state index contributed by atoms with van der Waals surface area (Å²) in [5, 5.41) is 15.1. The highest BCUT2D eigenvalue weighted by Crippen LogP contribution is 2.38. The summed E-state index contributed by atoms with van der Waals surface area (Å²) in [5.74, 6) is 0. The Bertz CT molecular complexity index is 2250. The molecule has 0 N–H and O–H groups in total. The van der Waals surface area contributed by atoms with Gasteiger partial charge in [0.25, 0.3) is 0 Å². The van der Waals surface area contributed by atoms with Crippen LogP contribution in [0.4, 0.5) is 0 Å². The van der Waals surface area contributed by atoms with Gasteiger partial charge < -0.3 is 4.57 Å². The fourth-order valence-electron chi connectivity index (χ4n) is 6.97. The minimum Gasteiger partial charge on any atom is -0.309 e. The molecule has 0 aliphatic carbocycles. The number of hydrogen-bond acceptors (Lipinski definition) is 2. The van der Waals surface area contributed by atoms with Crippen molar-refractivity contribution in [1.29, 1.82) is 5.26 Å². The van der Waals surface area contributed by atoms with Crippen molar-refractivity contribution >= 4 is 40.3 Å². The molecule has 0 saturated carbocycles. The number of fused-ring (bicyclic) bond motifs is 7. The Kier molecular flexibility index (Phi) is 5.34. The third-order valence-corrected chi connectivity index (χ3v) is 12.4. The SMILES string of the molecule is C[Si]1(C)c2ccccc2-c2ccc3c(c21)c1ccccc1n3-c1cccc(-c2cccc(-c3cncc(C#N)c3)c2)c1. The molecule has 3 heterocycles. The van der Waals surface area contributed by atoms with Crippen LogP contribution in [0.15, 0.2) is 128 Å². The first-order valence-corrected chi connectivity index (χ1v) is 17.3. The molecular weight excluding hydrogens is 527 g/mol. The Balaban J connectivity index is 1.33. The molecule has 4 heteroatoms. The molecule has 42 heavy (non-hydrogen) atoms. The summed E-state index contributed by atoms with van der Waals surface area (Å²) < 4.78 is 2.44. The predicted molar refractivity (Wildman–Crippen MR) is 176 cm³/mol. The third kappa shape index (κ3) is 3.54. The molecule has 0 spiro atoms. The van der Waals surface area contributed by atoms with Crippen LogP contribution in [0.5, 0.6) is 0 Å². The average Bonchev–Trinajstić information content (AvgIpc) is 3.50. The zero-order valence-corrected chi connectivity index (χ0v) is 24.5. The van der Waals surface area contributed by atoms with Crippen molar-refractivity contribution in [2.24, 2.45) is 0 Å². The number of rotatable bonds is 3. The Morgan fingerprint density at radius 3 is 2.24 bits per heavy atom. The van der Waals surface area contributed by atoms with Gasteiger partial charge in [0.15, 0.2) is 0 Å². The summed E-state index contributed by atoms with van der Waals surface area (Å²) in [5.41, 5.74) is 11.3. The second-order valence-electron chi connectivity index (χ2n) is 11.6. The molecule has 0 atom stereocenters. The highest BCUT2D eigenvalue weighted by Gasteiger charge is 2.39. The van der Waals surface area contributed by atoms with Crippen LogP contribution in [0.25, 0.3) is 60.9 Å². The van der Waals surface area contributed by atoms with Crippen molar-refractivity contribution in [2.45, 2.75) is 13.1 Å². The monoisotopic (exact) mass is 553 g/mol. The summed E-state index contributed by atoms with van der Waals surface area (Å²) in [6.45, 7) is 5.00. The normalized spacial score (nSPS) is 13.2. The van der Waals surface area contributed by atoms with Crippen molar-refractivity contribution in [2.75, 3.05) is 0 Å². The molecule has 0 saturated heterocycles. The average molecular weight is 554 g/mol. The quantitative estimate of drug-likeness (QED) is 0.207. The Hall–Kier alpha value is -5.24. The van der Waals surface area contributed by atoms with Gasteiger partial charge >= 0.3 is 0 Å². The van der Waals surface area contributed by atoms with Gasteiger partial charge in [-0.1, -0.05) is 92.0 Å². The molecule has 0 fully saturated rings. The van der Waals surface area contributed by atoms with E-state index in [-0.39, 0.29) is 0 Å². The van der Waals surface area contributed by atoms with Crippen LogP contribution in [0.1, 0.15) is 5.56 Å². The first-order valence-electron chi connectivity index (χ1n) is 14.3. The molecule has 8 rings (SSSR count). The molecule has 0 amide bonds. The van der Waals surface area contributed by atoms with E-state index in [1.54, 1.807) is 11.4 Å². The van der Waals surface area contributed by atoms with E-state index in [9.17, 15) is 5.26 Å². The second-order valence-corrected chi connectivity index (χ2v) is 15.9. The molecule has 2 aromatic heterocycles. The predicted octanol–water partition coefficient (Wildman–Crippen LogP) is 8.19.